The van der Waals surface area contributed by atoms with Gasteiger partial charge in [0.05, 0.1) is 17.6 Å². The van der Waals surface area contributed by atoms with Crippen molar-refractivity contribution in [3.8, 4) is 22.9 Å². The number of anilines is 2. The molecule has 0 aromatic carbocycles. The highest BCUT2D eigenvalue weighted by molar-refractivity contribution is 5.67. The summed E-state index contributed by atoms with van der Waals surface area (Å²) in [5.41, 5.74) is 4.87. The summed E-state index contributed by atoms with van der Waals surface area (Å²) in [4.78, 5) is 28.5. The zero-order valence-electron chi connectivity index (χ0n) is 18.3. The molecule has 0 amide bonds. The number of nitrogens with one attached hydrogen (secondary N) is 1. The van der Waals surface area contributed by atoms with E-state index in [1.807, 2.05) is 44.2 Å². The molecule has 0 aliphatic heterocycles. The Morgan fingerprint density at radius 2 is 1.94 bits per heavy atom. The smallest absolute Gasteiger partial charge is 0.303 e. The molecule has 4 aromatic heterocycles. The first-order valence-corrected chi connectivity index (χ1v) is 10.4. The Bertz CT molecular complexity index is 1280. The summed E-state index contributed by atoms with van der Waals surface area (Å²) in [7, 11) is 0. The molecule has 0 saturated heterocycles. The van der Waals surface area contributed by atoms with E-state index in [0.717, 1.165) is 22.5 Å². The van der Waals surface area contributed by atoms with Crippen LogP contribution in [-0.4, -0.2) is 31.0 Å². The second-order valence-electron chi connectivity index (χ2n) is 7.53. The molecule has 8 nitrogen and oxygen atoms in total. The van der Waals surface area contributed by atoms with Crippen LogP contribution < -0.4 is 10.1 Å². The molecule has 0 spiro atoms. The second kappa shape index (κ2) is 9.86. The fourth-order valence-corrected chi connectivity index (χ4v) is 3.21. The number of hydrogen-bond donors (Lipinski definition) is 2. The van der Waals surface area contributed by atoms with E-state index < -0.39 is 5.97 Å². The molecular weight excluding hydrogens is 418 g/mol. The third-order valence-electron chi connectivity index (χ3n) is 4.99. The normalized spacial score (nSPS) is 10.6. The molecule has 0 aliphatic rings. The van der Waals surface area contributed by atoms with Gasteiger partial charge in [-0.25, -0.2) is 9.97 Å². The minimum absolute atomic E-state index is 0.0509. The fraction of sp³-hybridized carbons (Fsp3) is 0.160. The number of carboxylic acid groups (broad SMARTS) is 1. The van der Waals surface area contributed by atoms with Crippen LogP contribution in [0.25, 0.3) is 11.4 Å². The first-order valence-electron chi connectivity index (χ1n) is 10.4. The molecule has 0 radical (unpaired) electrons. The van der Waals surface area contributed by atoms with Gasteiger partial charge in [-0.2, -0.15) is 0 Å². The SMILES string of the molecule is Cc1cc(Oc2ccnc(Nc3cncc(CCC(=O)O)c3)c2)c(-c2ccccn2)nc1C. The molecule has 4 aromatic rings. The van der Waals surface area contributed by atoms with Gasteiger partial charge in [-0.1, -0.05) is 6.07 Å². The second-order valence-corrected chi connectivity index (χ2v) is 7.53. The highest BCUT2D eigenvalue weighted by Gasteiger charge is 2.13. The lowest BCUT2D eigenvalue weighted by Crippen LogP contribution is -2.00. The molecule has 8 heteroatoms. The molecule has 4 rings (SSSR count). The Hall–Kier alpha value is -4.33. The van der Waals surface area contributed by atoms with E-state index in [1.54, 1.807) is 36.9 Å². The lowest BCUT2D eigenvalue weighted by Gasteiger charge is -2.14. The molecule has 0 saturated carbocycles. The number of carboxylic acids is 1. The zero-order valence-corrected chi connectivity index (χ0v) is 18.3. The number of carbonyl (C=O) groups is 1. The first-order chi connectivity index (χ1) is 16.0. The lowest BCUT2D eigenvalue weighted by atomic mass is 10.1. The van der Waals surface area contributed by atoms with Gasteiger partial charge in [0.15, 0.2) is 5.75 Å². The van der Waals surface area contributed by atoms with E-state index in [2.05, 4.69) is 20.3 Å². The largest absolute Gasteiger partial charge is 0.481 e. The lowest BCUT2D eigenvalue weighted by molar-refractivity contribution is -0.136. The topological polar surface area (TPSA) is 110 Å². The van der Waals surface area contributed by atoms with E-state index in [9.17, 15) is 4.79 Å². The van der Waals surface area contributed by atoms with Crippen molar-refractivity contribution in [2.75, 3.05) is 5.32 Å². The summed E-state index contributed by atoms with van der Waals surface area (Å²) in [5, 5.41) is 12.1. The van der Waals surface area contributed by atoms with Gasteiger partial charge >= 0.3 is 5.97 Å². The van der Waals surface area contributed by atoms with Crippen LogP contribution in [0.15, 0.2) is 67.3 Å². The average molecular weight is 441 g/mol. The summed E-state index contributed by atoms with van der Waals surface area (Å²) < 4.78 is 6.20. The van der Waals surface area contributed by atoms with Gasteiger partial charge in [0.2, 0.25) is 0 Å². The molecule has 2 N–H and O–H groups in total. The van der Waals surface area contributed by atoms with Crippen molar-refractivity contribution in [3.63, 3.8) is 0 Å². The van der Waals surface area contributed by atoms with E-state index in [4.69, 9.17) is 14.8 Å². The number of hydrogen-bond acceptors (Lipinski definition) is 7. The van der Waals surface area contributed by atoms with E-state index in [-0.39, 0.29) is 6.42 Å². The Kier molecular flexibility index (Phi) is 6.54. The van der Waals surface area contributed by atoms with Crippen molar-refractivity contribution in [1.82, 2.24) is 19.9 Å². The molecular formula is C25H23N5O3. The van der Waals surface area contributed by atoms with Crippen LogP contribution in [0.2, 0.25) is 0 Å². The molecule has 4 heterocycles. The minimum Gasteiger partial charge on any atom is -0.481 e. The number of aryl methyl sites for hydroxylation is 3. The number of rotatable bonds is 8. The Labute approximate surface area is 191 Å². The van der Waals surface area contributed by atoms with Gasteiger partial charge in [-0.3, -0.25) is 14.8 Å². The Balaban J connectivity index is 1.57. The number of aliphatic carboxylic acids is 1. The van der Waals surface area contributed by atoms with Crippen LogP contribution >= 0.6 is 0 Å². The average Bonchev–Trinajstić information content (AvgIpc) is 2.81. The van der Waals surface area contributed by atoms with Crippen LogP contribution in [0.5, 0.6) is 11.5 Å². The van der Waals surface area contributed by atoms with E-state index in [0.29, 0.717) is 35.1 Å². The van der Waals surface area contributed by atoms with Crippen molar-refractivity contribution in [2.24, 2.45) is 0 Å². The molecule has 0 aliphatic carbocycles. The number of nitrogens with zero attached hydrogens (tertiary/aromatic N) is 4. The van der Waals surface area contributed by atoms with Gasteiger partial charge in [0.25, 0.3) is 0 Å². The van der Waals surface area contributed by atoms with Crippen LogP contribution in [-0.2, 0) is 11.2 Å². The van der Waals surface area contributed by atoms with Crippen molar-refractivity contribution in [3.05, 3.63) is 84.1 Å². The summed E-state index contributed by atoms with van der Waals surface area (Å²) in [6, 6.07) is 13.0. The van der Waals surface area contributed by atoms with Crippen molar-refractivity contribution in [1.29, 1.82) is 0 Å². The van der Waals surface area contributed by atoms with Crippen molar-refractivity contribution >= 4 is 17.5 Å². The fourth-order valence-electron chi connectivity index (χ4n) is 3.21. The van der Waals surface area contributed by atoms with Gasteiger partial charge < -0.3 is 15.2 Å². The van der Waals surface area contributed by atoms with Crippen molar-refractivity contribution in [2.45, 2.75) is 26.7 Å². The van der Waals surface area contributed by atoms with Gasteiger partial charge in [-0.15, -0.1) is 0 Å². The van der Waals surface area contributed by atoms with Crippen LogP contribution in [0.1, 0.15) is 23.2 Å². The molecule has 0 atom stereocenters. The van der Waals surface area contributed by atoms with Gasteiger partial charge in [0, 0.05) is 36.8 Å². The van der Waals surface area contributed by atoms with E-state index in [1.165, 1.54) is 0 Å². The number of aromatic nitrogens is 4. The van der Waals surface area contributed by atoms with Gasteiger partial charge in [-0.05, 0) is 61.7 Å². The minimum atomic E-state index is -0.842. The van der Waals surface area contributed by atoms with Crippen molar-refractivity contribution < 1.29 is 14.6 Å². The third-order valence-corrected chi connectivity index (χ3v) is 4.99. The highest BCUT2D eigenvalue weighted by atomic mass is 16.5. The standard InChI is InChI=1S/C25H23N5O3/c1-16-11-22(25(29-17(16)2)21-5-3-4-9-27-21)33-20-8-10-28-23(13-20)30-19-12-18(14-26-15-19)6-7-24(31)32/h3-5,8-15H,6-7H2,1-2H3,(H,28,30)(H,31,32). The molecule has 0 unspecified atom stereocenters. The maximum atomic E-state index is 10.8. The predicted octanol–water partition coefficient (Wildman–Crippen LogP) is 5.10. The quantitative estimate of drug-likeness (QED) is 0.388. The summed E-state index contributed by atoms with van der Waals surface area (Å²) in [6.07, 6.45) is 7.15. The number of pyridine rings is 4. The number of ether oxygens (including phenoxy) is 1. The summed E-state index contributed by atoms with van der Waals surface area (Å²) in [5.74, 6) is 0.919. The van der Waals surface area contributed by atoms with Crippen LogP contribution in [0.3, 0.4) is 0 Å². The maximum absolute atomic E-state index is 10.8. The maximum Gasteiger partial charge on any atom is 0.303 e. The molecule has 0 bridgehead atoms. The highest BCUT2D eigenvalue weighted by Crippen LogP contribution is 2.33. The van der Waals surface area contributed by atoms with Crippen LogP contribution in [0, 0.1) is 13.8 Å². The zero-order chi connectivity index (χ0) is 23.2. The first kappa shape index (κ1) is 21.9. The third kappa shape index (κ3) is 5.68. The molecule has 33 heavy (non-hydrogen) atoms. The summed E-state index contributed by atoms with van der Waals surface area (Å²) in [6.45, 7) is 3.94. The monoisotopic (exact) mass is 441 g/mol. The van der Waals surface area contributed by atoms with Crippen LogP contribution in [0.4, 0.5) is 11.5 Å². The predicted molar refractivity (Wildman–Crippen MR) is 125 cm³/mol. The molecule has 166 valence electrons. The Morgan fingerprint density at radius 1 is 1.06 bits per heavy atom. The van der Waals surface area contributed by atoms with E-state index >= 15 is 0 Å². The summed E-state index contributed by atoms with van der Waals surface area (Å²) >= 11 is 0. The molecule has 0 fully saturated rings. The Morgan fingerprint density at radius 3 is 2.73 bits per heavy atom. The van der Waals surface area contributed by atoms with Gasteiger partial charge in [0.1, 0.15) is 17.3 Å².